The van der Waals surface area contributed by atoms with Gasteiger partial charge in [-0.1, -0.05) is 359 Å². The van der Waals surface area contributed by atoms with Crippen molar-refractivity contribution in [1.29, 1.82) is 0 Å². The van der Waals surface area contributed by atoms with Crippen LogP contribution in [0.4, 0.5) is 0 Å². The maximum atomic E-state index is 11.4. The van der Waals surface area contributed by atoms with Crippen LogP contribution in [0.5, 0.6) is 11.5 Å². The van der Waals surface area contributed by atoms with Gasteiger partial charge >= 0.3 is 0 Å². The van der Waals surface area contributed by atoms with Crippen LogP contribution in [0, 0.1) is 19.1 Å². The maximum absolute atomic E-state index is 11.4. The van der Waals surface area contributed by atoms with Crippen LogP contribution in [0.15, 0.2) is 370 Å². The molecule has 0 radical (unpaired) electrons. The summed E-state index contributed by atoms with van der Waals surface area (Å²) in [7, 11) is 0. The summed E-state index contributed by atoms with van der Waals surface area (Å²) in [4.78, 5) is 20.7. The molecule has 19 aromatic rings. The first-order valence-corrected chi connectivity index (χ1v) is 43.4. The fraction of sp³-hybridized carbons (Fsp3) is 0.136. The zero-order valence-electron chi connectivity index (χ0n) is 74.0. The Balaban J connectivity index is 0.000000186. The van der Waals surface area contributed by atoms with E-state index in [1.165, 1.54) is 61.2 Å². The second-order valence-corrected chi connectivity index (χ2v) is 36.2. The second kappa shape index (κ2) is 36.8. The summed E-state index contributed by atoms with van der Waals surface area (Å²) < 4.78 is 4.42. The zero-order chi connectivity index (χ0) is 87.1. The zero-order valence-corrected chi connectivity index (χ0v) is 78.6. The van der Waals surface area contributed by atoms with E-state index in [1.54, 1.807) is 12.1 Å². The molecule has 10 heteroatoms. The minimum absolute atomic E-state index is 0. The third-order valence-corrected chi connectivity index (χ3v) is 24.1. The summed E-state index contributed by atoms with van der Waals surface area (Å²) in [5.41, 5.74) is 35.9. The molecule has 2 N–H and O–H groups in total. The molecule has 128 heavy (non-hydrogen) atoms. The van der Waals surface area contributed by atoms with Crippen molar-refractivity contribution in [2.75, 3.05) is 0 Å². The average molecular weight is 2020 g/mol. The van der Waals surface area contributed by atoms with Gasteiger partial charge in [-0.2, -0.15) is 0 Å². The summed E-state index contributed by atoms with van der Waals surface area (Å²) in [5.74, 6) is 2.03. The van der Waals surface area contributed by atoms with Gasteiger partial charge in [-0.05, 0) is 191 Å². The molecule has 0 spiro atoms. The number of phenols is 2. The normalized spacial score (nSPS) is 11.6. The van der Waals surface area contributed by atoms with Crippen LogP contribution < -0.4 is 0 Å². The number of imidazole rings is 2. The van der Waals surface area contributed by atoms with Crippen molar-refractivity contribution in [2.24, 2.45) is 0 Å². The summed E-state index contributed by atoms with van der Waals surface area (Å²) in [6.45, 7) is 26.9. The molecule has 0 fully saturated rings. The van der Waals surface area contributed by atoms with Gasteiger partial charge in [0.2, 0.25) is 0 Å². The molecular formula is C118H100N6O2Pt2-2. The van der Waals surface area contributed by atoms with E-state index in [0.717, 1.165) is 123 Å². The van der Waals surface area contributed by atoms with E-state index in [9.17, 15) is 10.2 Å². The van der Waals surface area contributed by atoms with E-state index in [4.69, 9.17) is 19.9 Å². The number of nitrogens with zero attached hydrogens (tertiary/aromatic N) is 6. The Morgan fingerprint density at radius 3 is 1.08 bits per heavy atom. The van der Waals surface area contributed by atoms with Crippen LogP contribution in [0.3, 0.4) is 0 Å². The monoisotopic (exact) mass is 2020 g/mol. The van der Waals surface area contributed by atoms with Crippen molar-refractivity contribution >= 4 is 22.1 Å². The van der Waals surface area contributed by atoms with Crippen molar-refractivity contribution in [1.82, 2.24) is 29.1 Å². The fourth-order valence-electron chi connectivity index (χ4n) is 17.2. The molecule has 4 aromatic heterocycles. The van der Waals surface area contributed by atoms with E-state index in [1.807, 2.05) is 67.0 Å². The number of fused-ring (bicyclic) bond motifs is 2. The molecule has 4 heterocycles. The van der Waals surface area contributed by atoms with Crippen molar-refractivity contribution in [3.05, 3.63) is 410 Å². The van der Waals surface area contributed by atoms with Gasteiger partial charge in [0.25, 0.3) is 0 Å². The van der Waals surface area contributed by atoms with Crippen molar-refractivity contribution in [2.45, 2.75) is 105 Å². The molecule has 0 aliphatic rings. The summed E-state index contributed by atoms with van der Waals surface area (Å²) in [6, 6.07) is 132. The molecule has 0 atom stereocenters. The number of para-hydroxylation sites is 4. The Morgan fingerprint density at radius 2 is 0.656 bits per heavy atom. The van der Waals surface area contributed by atoms with Crippen LogP contribution >= 0.6 is 0 Å². The Morgan fingerprint density at radius 1 is 0.297 bits per heavy atom. The number of hydrogen-bond acceptors (Lipinski definition) is 6. The second-order valence-electron chi connectivity index (χ2n) is 36.2. The van der Waals surface area contributed by atoms with Gasteiger partial charge in [0.15, 0.2) is 0 Å². The van der Waals surface area contributed by atoms with Crippen LogP contribution in [0.1, 0.15) is 110 Å². The van der Waals surface area contributed by atoms with E-state index < -0.39 is 0 Å². The number of rotatable bonds is 16. The van der Waals surface area contributed by atoms with E-state index in [0.29, 0.717) is 28.7 Å². The Bertz CT molecular complexity index is 7240. The summed E-state index contributed by atoms with van der Waals surface area (Å²) in [5, 5.41) is 22.8. The summed E-state index contributed by atoms with van der Waals surface area (Å²) >= 11 is 0. The quantitative estimate of drug-likeness (QED) is 0.0935. The number of hydrogen-bond donors (Lipinski definition) is 2. The molecule has 0 aliphatic carbocycles. The first-order valence-electron chi connectivity index (χ1n) is 43.4. The number of aromatic hydroxyl groups is 2. The van der Waals surface area contributed by atoms with Gasteiger partial charge < -0.3 is 10.2 Å². The SMILES string of the molecule is CC(C)c1ccc(-n2c(-c3ccccc3O)nc3c(-c4[c-]c(-c5cc(-c6ccc(-c7ccccc7)cc6)ccn5)cc(C(C)(C)C)c4)cccc32)c(-c2ccccc2)c1.Cc1cc(-c2c(-c3ccccc3)cccc2C(C)(C)C)ccc1-n1c(-c2ccccc2O)nc2c(-c3[c-]c(-c4cc(-c5ccc(-c6ccccc6)cc5)ccn4)cc(C(C)(C)C)c3)cccc21.[Pt].[Pt]. The van der Waals surface area contributed by atoms with Crippen LogP contribution in [0.25, 0.3) is 179 Å². The third kappa shape index (κ3) is 18.0. The standard InChI is InChI=1S/C63H54N3O.C55H46N3O.2Pt/c1-41-36-47(59-51(45-20-12-9-13-21-45)23-16-25-54(59)63(5,6)7)32-33-56(41)66-57-26-17-24-52(60(57)65-61(66)53-22-14-15-27-58(53)67)48-37-49(39-50(38-48)62(2,3)4)55-40-46(34-35-64-55)44-30-28-43(29-31-44)42-18-10-8-11-19-42;1-36(2)41-27-28-50(48(34-41)40-17-10-7-11-18-40)58-51-21-14-20-46(53(51)57-54(58)47-19-12-13-22-52(47)59)43-31-44(33-45(32-43)55(3,4)5)49-35-42(29-30-56-49)39-25-23-38(24-26-39)37-15-8-6-9-16-37;;/h8-36,38-40,67H,1-7H3;6-30,32-36,59H,1-5H3;;/q2*-1;;. The summed E-state index contributed by atoms with van der Waals surface area (Å²) in [6.07, 6.45) is 3.79. The Kier molecular flexibility index (Phi) is 25.3. The smallest absolute Gasteiger partial charge is 0.148 e. The van der Waals surface area contributed by atoms with Crippen LogP contribution in [0.2, 0.25) is 0 Å². The van der Waals surface area contributed by atoms with Gasteiger partial charge in [0.1, 0.15) is 23.1 Å². The topological polar surface area (TPSA) is 102 Å². The predicted octanol–water partition coefficient (Wildman–Crippen LogP) is 30.8. The van der Waals surface area contributed by atoms with Crippen LogP contribution in [-0.2, 0) is 58.4 Å². The maximum Gasteiger partial charge on any atom is 0.148 e. The molecule has 0 amide bonds. The molecule has 0 saturated carbocycles. The predicted molar refractivity (Wildman–Crippen MR) is 524 cm³/mol. The Hall–Kier alpha value is -13.5. The molecule has 636 valence electrons. The minimum Gasteiger partial charge on any atom is -0.507 e. The molecule has 8 nitrogen and oxygen atoms in total. The Labute approximate surface area is 781 Å². The van der Waals surface area contributed by atoms with Gasteiger partial charge in [0, 0.05) is 71.5 Å². The van der Waals surface area contributed by atoms with Crippen molar-refractivity contribution in [3.63, 3.8) is 0 Å². The van der Waals surface area contributed by atoms with E-state index >= 15 is 0 Å². The first kappa shape index (κ1) is 88.0. The average Bonchev–Trinajstić information content (AvgIpc) is 1.55. The van der Waals surface area contributed by atoms with Gasteiger partial charge in [-0.15, -0.1) is 58.7 Å². The van der Waals surface area contributed by atoms with E-state index in [2.05, 4.69) is 396 Å². The van der Waals surface area contributed by atoms with Gasteiger partial charge in [-0.25, -0.2) is 9.97 Å². The first-order chi connectivity index (χ1) is 60.9. The molecule has 15 aromatic carbocycles. The molecule has 0 bridgehead atoms. The van der Waals surface area contributed by atoms with Gasteiger partial charge in [0.05, 0.1) is 44.6 Å². The molecular weight excluding hydrogens is 1920 g/mol. The minimum atomic E-state index is -0.164. The fourth-order valence-corrected chi connectivity index (χ4v) is 17.2. The largest absolute Gasteiger partial charge is 0.507 e. The van der Waals surface area contributed by atoms with Crippen molar-refractivity contribution < 1.29 is 52.3 Å². The van der Waals surface area contributed by atoms with Crippen LogP contribution in [-0.4, -0.2) is 39.3 Å². The van der Waals surface area contributed by atoms with Gasteiger partial charge in [-0.3, -0.25) is 19.1 Å². The molecule has 19 rings (SSSR count). The number of benzene rings is 15. The number of phenolic OH excluding ortho intramolecular Hbond substituents is 2. The number of aryl methyl sites for hydroxylation is 1. The van der Waals surface area contributed by atoms with E-state index in [-0.39, 0.29) is 69.9 Å². The molecule has 0 unspecified atom stereocenters. The number of aromatic nitrogens is 6. The van der Waals surface area contributed by atoms with Crippen molar-refractivity contribution in [3.8, 4) is 168 Å². The molecule has 0 saturated heterocycles. The number of pyridine rings is 2. The molecule has 0 aliphatic heterocycles. The third-order valence-electron chi connectivity index (χ3n) is 24.1.